The Labute approximate surface area is 176 Å². The predicted molar refractivity (Wildman–Crippen MR) is 121 cm³/mol. The summed E-state index contributed by atoms with van der Waals surface area (Å²) in [6.07, 6.45) is 10.6. The van der Waals surface area contributed by atoms with E-state index < -0.39 is 5.60 Å². The number of halogens is 1. The second-order valence-electron chi connectivity index (χ2n) is 7.62. The molecule has 3 heteroatoms. The lowest BCUT2D eigenvalue weighted by molar-refractivity contribution is -0.0220. The van der Waals surface area contributed by atoms with Gasteiger partial charge < -0.3 is 10.5 Å². The number of hydrogen-bond acceptors (Lipinski definition) is 2. The van der Waals surface area contributed by atoms with Crippen molar-refractivity contribution in [2.75, 3.05) is 6.61 Å². The third-order valence-electron chi connectivity index (χ3n) is 5.63. The summed E-state index contributed by atoms with van der Waals surface area (Å²) in [5.41, 5.74) is 10.1. The van der Waals surface area contributed by atoms with Crippen LogP contribution in [0.15, 0.2) is 72.3 Å². The lowest BCUT2D eigenvalue weighted by atomic mass is 9.80. The molecule has 2 aromatic rings. The first-order valence-electron chi connectivity index (χ1n) is 10.4. The highest BCUT2D eigenvalue weighted by molar-refractivity contribution is 5.85. The van der Waals surface area contributed by atoms with Crippen molar-refractivity contribution >= 4 is 12.4 Å². The highest BCUT2D eigenvalue weighted by Crippen LogP contribution is 2.38. The van der Waals surface area contributed by atoms with Gasteiger partial charge in [-0.1, -0.05) is 78.7 Å². The van der Waals surface area contributed by atoms with Gasteiger partial charge in [0.15, 0.2) is 0 Å². The second-order valence-corrected chi connectivity index (χ2v) is 7.62. The lowest BCUT2D eigenvalue weighted by Gasteiger charge is -2.37. The number of benzene rings is 2. The van der Waals surface area contributed by atoms with Crippen molar-refractivity contribution in [3.05, 3.63) is 83.4 Å². The van der Waals surface area contributed by atoms with Crippen LogP contribution in [0.1, 0.15) is 63.0 Å². The van der Waals surface area contributed by atoms with Gasteiger partial charge in [0.1, 0.15) is 5.60 Å². The lowest BCUT2D eigenvalue weighted by Crippen LogP contribution is -2.38. The molecule has 2 aromatic carbocycles. The van der Waals surface area contributed by atoms with Gasteiger partial charge in [-0.05, 0) is 50.2 Å². The van der Waals surface area contributed by atoms with Gasteiger partial charge in [0.05, 0.1) is 0 Å². The highest BCUT2D eigenvalue weighted by Gasteiger charge is 2.36. The summed E-state index contributed by atoms with van der Waals surface area (Å²) in [5.74, 6) is 0. The van der Waals surface area contributed by atoms with E-state index >= 15 is 0 Å². The second kappa shape index (κ2) is 11.4. The molecule has 0 radical (unpaired) electrons. The minimum Gasteiger partial charge on any atom is -0.366 e. The molecule has 2 N–H and O–H groups in total. The van der Waals surface area contributed by atoms with E-state index in [4.69, 9.17) is 10.5 Å². The predicted octanol–water partition coefficient (Wildman–Crippen LogP) is 6.39. The molecule has 0 bridgehead atoms. The topological polar surface area (TPSA) is 35.2 Å². The Morgan fingerprint density at radius 1 is 0.929 bits per heavy atom. The summed E-state index contributed by atoms with van der Waals surface area (Å²) in [4.78, 5) is 0. The fourth-order valence-corrected chi connectivity index (χ4v) is 4.27. The fraction of sp³-hybridized carbons (Fsp3) is 0.440. The van der Waals surface area contributed by atoms with Crippen LogP contribution in [0.25, 0.3) is 0 Å². The third kappa shape index (κ3) is 5.70. The third-order valence-corrected chi connectivity index (χ3v) is 5.63. The zero-order valence-electron chi connectivity index (χ0n) is 17.0. The Hall–Kier alpha value is -1.61. The van der Waals surface area contributed by atoms with Crippen LogP contribution in [-0.2, 0) is 10.3 Å². The maximum absolute atomic E-state index is 6.66. The van der Waals surface area contributed by atoms with Crippen LogP contribution < -0.4 is 5.73 Å². The molecule has 1 saturated carbocycles. The van der Waals surface area contributed by atoms with Crippen molar-refractivity contribution in [1.82, 2.24) is 0 Å². The van der Waals surface area contributed by atoms with Crippen molar-refractivity contribution in [3.8, 4) is 0 Å². The quantitative estimate of drug-likeness (QED) is 0.522. The minimum atomic E-state index is -0.498. The standard InChI is InChI=1S/C25H33NO.ClH/c1-2-27-25(22-14-8-4-9-15-22,23-16-10-5-11-17-23)20-24(26)19-18-21-12-6-3-7-13-21;/h4-5,8-11,14-18,24H,2-3,6-7,12-13,19-20,26H2,1H3;1H. The average molecular weight is 400 g/mol. The van der Waals surface area contributed by atoms with Gasteiger partial charge >= 0.3 is 0 Å². The minimum absolute atomic E-state index is 0. The van der Waals surface area contributed by atoms with Gasteiger partial charge in [-0.25, -0.2) is 0 Å². The molecule has 1 unspecified atom stereocenters. The molecule has 0 aliphatic heterocycles. The first-order valence-corrected chi connectivity index (χ1v) is 10.4. The monoisotopic (exact) mass is 399 g/mol. The molecule has 0 aromatic heterocycles. The number of nitrogens with two attached hydrogens (primary N) is 1. The van der Waals surface area contributed by atoms with E-state index in [9.17, 15) is 0 Å². The number of rotatable bonds is 8. The molecule has 152 valence electrons. The number of ether oxygens (including phenoxy) is 1. The first-order chi connectivity index (χ1) is 13.2. The summed E-state index contributed by atoms with van der Waals surface area (Å²) >= 11 is 0. The molecule has 2 nitrogen and oxygen atoms in total. The fourth-order valence-electron chi connectivity index (χ4n) is 4.27. The van der Waals surface area contributed by atoms with Crippen molar-refractivity contribution in [2.45, 2.75) is 63.5 Å². The van der Waals surface area contributed by atoms with E-state index in [0.29, 0.717) is 6.61 Å². The summed E-state index contributed by atoms with van der Waals surface area (Å²) < 4.78 is 6.46. The molecule has 3 rings (SSSR count). The first kappa shape index (κ1) is 22.7. The molecule has 0 heterocycles. The molecular formula is C25H34ClNO. The van der Waals surface area contributed by atoms with E-state index in [2.05, 4.69) is 73.7 Å². The van der Waals surface area contributed by atoms with Crippen molar-refractivity contribution in [2.24, 2.45) is 5.73 Å². The largest absolute Gasteiger partial charge is 0.366 e. The van der Waals surface area contributed by atoms with Crippen molar-refractivity contribution in [1.29, 1.82) is 0 Å². The van der Waals surface area contributed by atoms with E-state index in [1.807, 2.05) is 0 Å². The van der Waals surface area contributed by atoms with Gasteiger partial charge in [0, 0.05) is 19.1 Å². The Bertz CT molecular complexity index is 666. The Balaban J connectivity index is 0.00000280. The van der Waals surface area contributed by atoms with Gasteiger partial charge in [-0.3, -0.25) is 0 Å². The van der Waals surface area contributed by atoms with Gasteiger partial charge in [0.2, 0.25) is 0 Å². The van der Waals surface area contributed by atoms with Crippen LogP contribution in [0.2, 0.25) is 0 Å². The van der Waals surface area contributed by atoms with Crippen molar-refractivity contribution < 1.29 is 4.74 Å². The molecule has 0 amide bonds. The maximum atomic E-state index is 6.66. The number of hydrogen-bond donors (Lipinski definition) is 1. The van der Waals surface area contributed by atoms with Gasteiger partial charge in [-0.2, -0.15) is 0 Å². The van der Waals surface area contributed by atoms with Gasteiger partial charge in [-0.15, -0.1) is 12.4 Å². The zero-order valence-corrected chi connectivity index (χ0v) is 17.8. The molecule has 1 aliphatic carbocycles. The van der Waals surface area contributed by atoms with Crippen LogP contribution >= 0.6 is 12.4 Å². The Morgan fingerprint density at radius 3 is 1.96 bits per heavy atom. The summed E-state index contributed by atoms with van der Waals surface area (Å²) in [6.45, 7) is 2.72. The van der Waals surface area contributed by atoms with E-state index in [1.165, 1.54) is 43.2 Å². The number of allylic oxidation sites excluding steroid dienone is 1. The Kier molecular flexibility index (Phi) is 9.24. The molecule has 0 spiro atoms. The van der Waals surface area contributed by atoms with Crippen molar-refractivity contribution in [3.63, 3.8) is 0 Å². The SMILES string of the molecule is CCOC(CC(N)CC=C1CCCCC1)(c1ccccc1)c1ccccc1.Cl. The molecule has 28 heavy (non-hydrogen) atoms. The molecule has 1 aliphatic rings. The zero-order chi connectivity index (χ0) is 19.0. The smallest absolute Gasteiger partial charge is 0.120 e. The van der Waals surface area contributed by atoms with Gasteiger partial charge in [0.25, 0.3) is 0 Å². The molecular weight excluding hydrogens is 366 g/mol. The maximum Gasteiger partial charge on any atom is 0.120 e. The average Bonchev–Trinajstić information content (AvgIpc) is 2.74. The summed E-state index contributed by atoms with van der Waals surface area (Å²) in [6, 6.07) is 21.2. The van der Waals surface area contributed by atoms with Crippen LogP contribution in [0.5, 0.6) is 0 Å². The van der Waals surface area contributed by atoms with E-state index in [-0.39, 0.29) is 18.4 Å². The van der Waals surface area contributed by atoms with Crippen LogP contribution in [0.4, 0.5) is 0 Å². The summed E-state index contributed by atoms with van der Waals surface area (Å²) in [7, 11) is 0. The van der Waals surface area contributed by atoms with Crippen LogP contribution in [0.3, 0.4) is 0 Å². The van der Waals surface area contributed by atoms with Crippen LogP contribution in [0, 0.1) is 0 Å². The van der Waals surface area contributed by atoms with E-state index in [0.717, 1.165) is 12.8 Å². The van der Waals surface area contributed by atoms with E-state index in [1.54, 1.807) is 5.57 Å². The normalized spacial score (nSPS) is 15.6. The Morgan fingerprint density at radius 2 is 1.46 bits per heavy atom. The van der Waals surface area contributed by atoms with Crippen LogP contribution in [-0.4, -0.2) is 12.6 Å². The molecule has 1 atom stereocenters. The molecule has 1 fully saturated rings. The molecule has 0 saturated heterocycles. The highest BCUT2D eigenvalue weighted by atomic mass is 35.5. The summed E-state index contributed by atoms with van der Waals surface area (Å²) in [5, 5.41) is 0.